The van der Waals surface area contributed by atoms with Gasteiger partial charge in [-0.05, 0) is 53.2 Å². The number of carbonyl (C=O) groups is 3. The Hall–Kier alpha value is -6.83. The summed E-state index contributed by atoms with van der Waals surface area (Å²) in [5, 5.41) is 20.6. The Morgan fingerprint density at radius 1 is 0.684 bits per heavy atom. The number of allylic oxidation sites excluding steroid dienone is 2. The van der Waals surface area contributed by atoms with Crippen molar-refractivity contribution in [3.8, 4) is 0 Å². The summed E-state index contributed by atoms with van der Waals surface area (Å²) in [6.07, 6.45) is 1.85. The van der Waals surface area contributed by atoms with Crippen LogP contribution >= 0.6 is 23.5 Å². The van der Waals surface area contributed by atoms with Crippen molar-refractivity contribution in [1.29, 1.82) is 0 Å². The maximum Gasteiger partial charge on any atom is 0.286 e. The third kappa shape index (κ3) is 6.17. The molecule has 0 bridgehead atoms. The van der Waals surface area contributed by atoms with Crippen molar-refractivity contribution >= 4 is 80.5 Å². The minimum atomic E-state index is -0.304. The van der Waals surface area contributed by atoms with E-state index in [1.54, 1.807) is 29.2 Å². The summed E-state index contributed by atoms with van der Waals surface area (Å²) in [7, 11) is 0. The first-order valence-corrected chi connectivity index (χ1v) is 19.9. The molecule has 13 heteroatoms. The molecule has 276 valence electrons. The quantitative estimate of drug-likeness (QED) is 0.141. The second-order valence-electron chi connectivity index (χ2n) is 13.5. The highest BCUT2D eigenvalue weighted by atomic mass is 32.2. The predicted molar refractivity (Wildman–Crippen MR) is 227 cm³/mol. The molecule has 0 aromatic heterocycles. The van der Waals surface area contributed by atoms with Crippen LogP contribution in [-0.2, 0) is 4.79 Å². The molecule has 5 aromatic carbocycles. The number of para-hydroxylation sites is 2. The van der Waals surface area contributed by atoms with E-state index in [0.717, 1.165) is 16.8 Å². The van der Waals surface area contributed by atoms with Crippen molar-refractivity contribution in [2.75, 3.05) is 16.3 Å². The van der Waals surface area contributed by atoms with Gasteiger partial charge in [-0.15, -0.1) is 10.2 Å². The molecule has 1 saturated heterocycles. The maximum atomic E-state index is 14.5. The average molecular weight is 783 g/mol. The van der Waals surface area contributed by atoms with E-state index in [1.165, 1.54) is 23.5 Å². The number of amidine groups is 4. The van der Waals surface area contributed by atoms with Gasteiger partial charge in [0.2, 0.25) is 11.6 Å². The maximum absolute atomic E-state index is 14.5. The summed E-state index contributed by atoms with van der Waals surface area (Å²) in [6.45, 7) is 0.162. The molecule has 4 aliphatic heterocycles. The largest absolute Gasteiger partial charge is 0.329 e. The number of nitrogens with zero attached hydrogens (tertiary/aromatic N) is 7. The van der Waals surface area contributed by atoms with E-state index < -0.39 is 0 Å². The van der Waals surface area contributed by atoms with E-state index in [2.05, 4.69) is 10.3 Å². The van der Waals surface area contributed by atoms with E-state index in [1.807, 2.05) is 137 Å². The Labute approximate surface area is 335 Å². The van der Waals surface area contributed by atoms with Crippen molar-refractivity contribution < 1.29 is 14.4 Å². The molecule has 2 atom stereocenters. The zero-order valence-corrected chi connectivity index (χ0v) is 31.6. The number of hydrogen-bond donors (Lipinski definition) is 1. The van der Waals surface area contributed by atoms with Gasteiger partial charge in [-0.25, -0.2) is 5.01 Å². The number of hydrazone groups is 1. The first-order chi connectivity index (χ1) is 28.0. The van der Waals surface area contributed by atoms with Gasteiger partial charge in [0.25, 0.3) is 5.91 Å². The SMILES string of the molecule is O=C1N=C(N2N=C3N/C(=N\N=C4/CN(c5ccccc5)C5=C(C(=O)c6ccccc6C5=O)N4c4ccccc4)SC3C2c2ccccc2)S/C1=C/c1ccccc1. The fourth-order valence-electron chi connectivity index (χ4n) is 7.45. The predicted octanol–water partition coefficient (Wildman–Crippen LogP) is 7.72. The van der Waals surface area contributed by atoms with E-state index in [-0.39, 0.29) is 46.7 Å². The first kappa shape index (κ1) is 34.6. The Morgan fingerprint density at radius 3 is 1.96 bits per heavy atom. The summed E-state index contributed by atoms with van der Waals surface area (Å²) < 4.78 is 0. The molecule has 10 rings (SSSR count). The second-order valence-corrected chi connectivity index (χ2v) is 15.6. The number of hydrogen-bond acceptors (Lipinski definition) is 10. The summed E-state index contributed by atoms with van der Waals surface area (Å²) in [6, 6.07) is 45.3. The van der Waals surface area contributed by atoms with Gasteiger partial charge >= 0.3 is 0 Å². The van der Waals surface area contributed by atoms with Crippen molar-refractivity contribution in [2.45, 2.75) is 11.3 Å². The lowest BCUT2D eigenvalue weighted by Crippen LogP contribution is -2.52. The number of fused-ring (bicyclic) bond motifs is 2. The van der Waals surface area contributed by atoms with Gasteiger partial charge < -0.3 is 10.2 Å². The lowest BCUT2D eigenvalue weighted by atomic mass is 9.87. The van der Waals surface area contributed by atoms with Gasteiger partial charge in [0.15, 0.2) is 16.2 Å². The van der Waals surface area contributed by atoms with Gasteiger partial charge in [-0.1, -0.05) is 133 Å². The van der Waals surface area contributed by atoms with E-state index in [4.69, 9.17) is 15.3 Å². The molecule has 0 radical (unpaired) electrons. The monoisotopic (exact) mass is 782 g/mol. The molecule has 0 spiro atoms. The zero-order chi connectivity index (χ0) is 38.5. The Bertz CT molecular complexity index is 2660. The fourth-order valence-corrected chi connectivity index (χ4v) is 9.46. The van der Waals surface area contributed by atoms with Gasteiger partial charge in [-0.2, -0.15) is 10.1 Å². The summed E-state index contributed by atoms with van der Waals surface area (Å²) in [5.41, 5.74) is 4.55. The van der Waals surface area contributed by atoms with Gasteiger partial charge in [0.1, 0.15) is 17.2 Å². The van der Waals surface area contributed by atoms with E-state index >= 15 is 0 Å². The number of carbonyl (C=O) groups excluding carboxylic acids is 3. The van der Waals surface area contributed by atoms with E-state index in [9.17, 15) is 14.4 Å². The highest BCUT2D eigenvalue weighted by Gasteiger charge is 2.48. The number of nitrogens with one attached hydrogen (secondary N) is 1. The highest BCUT2D eigenvalue weighted by molar-refractivity contribution is 8.18. The Morgan fingerprint density at radius 2 is 1.28 bits per heavy atom. The Balaban J connectivity index is 1.03. The molecule has 1 N–H and O–H groups in total. The minimum absolute atomic E-state index is 0.162. The lowest BCUT2D eigenvalue weighted by Gasteiger charge is -2.41. The van der Waals surface area contributed by atoms with Crippen LogP contribution in [0.25, 0.3) is 6.08 Å². The smallest absolute Gasteiger partial charge is 0.286 e. The Kier molecular flexibility index (Phi) is 8.72. The minimum Gasteiger partial charge on any atom is -0.329 e. The molecule has 1 amide bonds. The first-order valence-electron chi connectivity index (χ1n) is 18.2. The van der Waals surface area contributed by atoms with Crippen LogP contribution in [0, 0.1) is 0 Å². The molecule has 4 heterocycles. The topological polar surface area (TPSA) is 122 Å². The molecular formula is C44H30N8O3S2. The molecule has 1 aliphatic carbocycles. The van der Waals surface area contributed by atoms with Crippen LogP contribution in [0.2, 0.25) is 0 Å². The van der Waals surface area contributed by atoms with Crippen molar-refractivity contribution in [2.24, 2.45) is 20.3 Å². The number of rotatable bonds is 5. The van der Waals surface area contributed by atoms with Crippen molar-refractivity contribution in [3.05, 3.63) is 184 Å². The number of thioether (sulfide) groups is 2. The van der Waals surface area contributed by atoms with Crippen LogP contribution < -0.4 is 15.1 Å². The second kappa shape index (κ2) is 14.3. The molecular weight excluding hydrogens is 753 g/mol. The van der Waals surface area contributed by atoms with Crippen LogP contribution in [0.1, 0.15) is 37.9 Å². The van der Waals surface area contributed by atoms with Crippen LogP contribution in [0.3, 0.4) is 0 Å². The van der Waals surface area contributed by atoms with Crippen LogP contribution in [0.4, 0.5) is 11.4 Å². The van der Waals surface area contributed by atoms with Crippen LogP contribution in [-0.4, -0.2) is 56.3 Å². The molecule has 0 saturated carbocycles. The number of amides is 1. The molecule has 5 aromatic rings. The zero-order valence-electron chi connectivity index (χ0n) is 30.0. The normalized spacial score (nSPS) is 22.2. The summed E-state index contributed by atoms with van der Waals surface area (Å²) in [5.74, 6) is 0.295. The standard InChI is InChI=1S/C44H30N8O3S2/c53-38-31-23-13-14-24-32(31)39(54)37-36(38)50(29-19-9-3-10-20-29)26-34(51(37)30-21-11-4-12-22-30)47-48-43-45-41-40(57-43)35(28-17-7-2-8-18-28)52(49-41)44-46-42(55)33(56-44)25-27-15-5-1-6-16-27/h1-25,35,40H,26H2,(H,45,48,49)/b33-25+,47-34+. The van der Waals surface area contributed by atoms with Crippen LogP contribution in [0.5, 0.6) is 0 Å². The van der Waals surface area contributed by atoms with Gasteiger partial charge in [-0.3, -0.25) is 19.3 Å². The lowest BCUT2D eigenvalue weighted by molar-refractivity contribution is -0.113. The molecule has 5 aliphatic rings. The molecule has 57 heavy (non-hydrogen) atoms. The number of anilines is 2. The third-order valence-electron chi connectivity index (χ3n) is 10.0. The molecule has 1 fully saturated rings. The number of benzene rings is 5. The number of aliphatic imine (C=N–C) groups is 1. The third-order valence-corrected chi connectivity index (χ3v) is 12.1. The highest BCUT2D eigenvalue weighted by Crippen LogP contribution is 2.45. The summed E-state index contributed by atoms with van der Waals surface area (Å²) in [4.78, 5) is 50.5. The molecule has 11 nitrogen and oxygen atoms in total. The van der Waals surface area contributed by atoms with Crippen LogP contribution in [0.15, 0.2) is 182 Å². The number of Topliss-reactive ketones (excluding diaryl/α,β-unsaturated/α-hetero) is 2. The van der Waals surface area contributed by atoms with Gasteiger partial charge in [0.05, 0.1) is 22.7 Å². The average Bonchev–Trinajstić information content (AvgIpc) is 3.94. The van der Waals surface area contributed by atoms with E-state index in [0.29, 0.717) is 43.7 Å². The van der Waals surface area contributed by atoms with Crippen molar-refractivity contribution in [1.82, 2.24) is 10.3 Å². The van der Waals surface area contributed by atoms with Gasteiger partial charge in [0, 0.05) is 22.5 Å². The van der Waals surface area contributed by atoms with Crippen molar-refractivity contribution in [3.63, 3.8) is 0 Å². The summed E-state index contributed by atoms with van der Waals surface area (Å²) >= 11 is 2.78. The molecule has 2 unspecified atom stereocenters. The fraction of sp³-hybridized carbons (Fsp3) is 0.0682. The number of ketones is 2.